The highest BCUT2D eigenvalue weighted by Gasteiger charge is 2.24. The molecule has 0 unspecified atom stereocenters. The van der Waals surface area contributed by atoms with Gasteiger partial charge >= 0.3 is 6.03 Å². The first kappa shape index (κ1) is 15.2. The van der Waals surface area contributed by atoms with E-state index < -0.39 is 6.03 Å². The molecule has 0 aromatic carbocycles. The van der Waals surface area contributed by atoms with Crippen molar-refractivity contribution in [3.63, 3.8) is 0 Å². The van der Waals surface area contributed by atoms with E-state index in [-0.39, 0.29) is 24.8 Å². The maximum absolute atomic E-state index is 11.7. The first-order valence-electron chi connectivity index (χ1n) is 6.14. The number of carbonyl (C=O) groups is 3. The van der Waals surface area contributed by atoms with Crippen LogP contribution in [0.4, 0.5) is 4.79 Å². The molecular formula is C12H14IN3O3S. The van der Waals surface area contributed by atoms with Crippen molar-refractivity contribution in [3.05, 3.63) is 19.9 Å². The molecule has 1 aromatic rings. The molecule has 4 amide bonds. The number of hydrogen-bond acceptors (Lipinski definition) is 4. The number of hydrogen-bond donors (Lipinski definition) is 2. The van der Waals surface area contributed by atoms with E-state index in [1.165, 1.54) is 12.7 Å². The highest BCUT2D eigenvalue weighted by molar-refractivity contribution is 14.1. The molecule has 1 aromatic heterocycles. The first-order chi connectivity index (χ1) is 9.54. The van der Waals surface area contributed by atoms with E-state index in [4.69, 9.17) is 0 Å². The Morgan fingerprint density at radius 1 is 1.45 bits per heavy atom. The Morgan fingerprint density at radius 3 is 2.90 bits per heavy atom. The average Bonchev–Trinajstić information content (AvgIpc) is 2.79. The van der Waals surface area contributed by atoms with Gasteiger partial charge in [-0.05, 0) is 41.1 Å². The summed E-state index contributed by atoms with van der Waals surface area (Å²) in [4.78, 5) is 36.7. The quantitative estimate of drug-likeness (QED) is 0.714. The van der Waals surface area contributed by atoms with E-state index in [0.29, 0.717) is 13.1 Å². The number of thiophene rings is 1. The first-order valence-corrected chi connectivity index (χ1v) is 8.04. The SMILES string of the molecule is O=C(CN1CCC(=O)NC1=O)NCCc1ccc(I)s1. The van der Waals surface area contributed by atoms with Crippen molar-refractivity contribution in [2.45, 2.75) is 12.8 Å². The Labute approximate surface area is 134 Å². The summed E-state index contributed by atoms with van der Waals surface area (Å²) in [5.74, 6) is -0.500. The van der Waals surface area contributed by atoms with Gasteiger partial charge in [-0.2, -0.15) is 0 Å². The van der Waals surface area contributed by atoms with E-state index in [2.05, 4.69) is 33.2 Å². The zero-order valence-corrected chi connectivity index (χ0v) is 13.6. The molecule has 108 valence electrons. The van der Waals surface area contributed by atoms with Crippen LogP contribution in [0.1, 0.15) is 11.3 Å². The molecule has 2 rings (SSSR count). The number of amides is 4. The highest BCUT2D eigenvalue weighted by atomic mass is 127. The fourth-order valence-corrected chi connectivity index (χ4v) is 3.55. The minimum absolute atomic E-state index is 0.0128. The summed E-state index contributed by atoms with van der Waals surface area (Å²) in [7, 11) is 0. The van der Waals surface area contributed by atoms with Crippen LogP contribution in [-0.4, -0.2) is 42.4 Å². The Hall–Kier alpha value is -1.16. The largest absolute Gasteiger partial charge is 0.354 e. The van der Waals surface area contributed by atoms with Gasteiger partial charge in [-0.1, -0.05) is 0 Å². The summed E-state index contributed by atoms with van der Waals surface area (Å²) in [6.45, 7) is 0.826. The Bertz CT molecular complexity index is 532. The molecule has 0 spiro atoms. The lowest BCUT2D eigenvalue weighted by Crippen LogP contribution is -2.52. The van der Waals surface area contributed by atoms with Crippen LogP contribution in [0.5, 0.6) is 0 Å². The Kier molecular flexibility index (Phi) is 5.35. The van der Waals surface area contributed by atoms with Crippen LogP contribution < -0.4 is 10.6 Å². The lowest BCUT2D eigenvalue weighted by Gasteiger charge is -2.25. The minimum Gasteiger partial charge on any atom is -0.354 e. The molecule has 6 nitrogen and oxygen atoms in total. The summed E-state index contributed by atoms with van der Waals surface area (Å²) in [5, 5.41) is 4.97. The van der Waals surface area contributed by atoms with Crippen molar-refractivity contribution >= 4 is 51.8 Å². The second-order valence-electron chi connectivity index (χ2n) is 4.33. The van der Waals surface area contributed by atoms with Gasteiger partial charge in [0.05, 0.1) is 2.88 Å². The van der Waals surface area contributed by atoms with Gasteiger partial charge in [-0.25, -0.2) is 4.79 Å². The van der Waals surface area contributed by atoms with Crippen LogP contribution >= 0.6 is 33.9 Å². The van der Waals surface area contributed by atoms with Crippen molar-refractivity contribution < 1.29 is 14.4 Å². The number of urea groups is 1. The fraction of sp³-hybridized carbons (Fsp3) is 0.417. The van der Waals surface area contributed by atoms with Gasteiger partial charge in [0.25, 0.3) is 0 Å². The number of halogens is 1. The van der Waals surface area contributed by atoms with Gasteiger partial charge in [-0.15, -0.1) is 11.3 Å². The smallest absolute Gasteiger partial charge is 0.324 e. The molecule has 0 bridgehead atoms. The van der Waals surface area contributed by atoms with Crippen molar-refractivity contribution in [1.29, 1.82) is 0 Å². The van der Waals surface area contributed by atoms with E-state index in [1.54, 1.807) is 11.3 Å². The molecule has 2 N–H and O–H groups in total. The second kappa shape index (κ2) is 7.02. The maximum atomic E-state index is 11.7. The molecule has 8 heteroatoms. The van der Waals surface area contributed by atoms with Crippen molar-refractivity contribution in [1.82, 2.24) is 15.5 Å². The number of nitrogens with zero attached hydrogens (tertiary/aromatic N) is 1. The molecular weight excluding hydrogens is 393 g/mol. The highest BCUT2D eigenvalue weighted by Crippen LogP contribution is 2.18. The summed E-state index contributed by atoms with van der Waals surface area (Å²) in [6, 6.07) is 3.59. The van der Waals surface area contributed by atoms with Crippen LogP contribution in [0.2, 0.25) is 0 Å². The molecule has 20 heavy (non-hydrogen) atoms. The van der Waals surface area contributed by atoms with E-state index in [9.17, 15) is 14.4 Å². The molecule has 0 radical (unpaired) electrons. The van der Waals surface area contributed by atoms with Crippen molar-refractivity contribution in [2.24, 2.45) is 0 Å². The van der Waals surface area contributed by atoms with Gasteiger partial charge in [0.1, 0.15) is 6.54 Å². The minimum atomic E-state index is -0.496. The molecule has 1 aliphatic rings. The summed E-state index contributed by atoms with van der Waals surface area (Å²) in [5.41, 5.74) is 0. The summed E-state index contributed by atoms with van der Waals surface area (Å²) < 4.78 is 1.22. The van der Waals surface area contributed by atoms with Crippen molar-refractivity contribution in [3.8, 4) is 0 Å². The van der Waals surface area contributed by atoms with Crippen LogP contribution in [0, 0.1) is 2.88 Å². The van der Waals surface area contributed by atoms with Gasteiger partial charge in [0.2, 0.25) is 11.8 Å². The molecule has 0 aliphatic carbocycles. The van der Waals surface area contributed by atoms with Gasteiger partial charge < -0.3 is 10.2 Å². The Balaban J connectivity index is 1.70. The molecule has 0 atom stereocenters. The summed E-state index contributed by atoms with van der Waals surface area (Å²) in [6.07, 6.45) is 1.02. The van der Waals surface area contributed by atoms with Crippen LogP contribution in [0.15, 0.2) is 12.1 Å². The molecule has 1 fully saturated rings. The monoisotopic (exact) mass is 407 g/mol. The predicted molar refractivity (Wildman–Crippen MR) is 83.5 cm³/mol. The number of rotatable bonds is 5. The van der Waals surface area contributed by atoms with Crippen LogP contribution in [-0.2, 0) is 16.0 Å². The fourth-order valence-electron chi connectivity index (χ4n) is 1.79. The molecule has 0 saturated carbocycles. The molecule has 1 aliphatic heterocycles. The van der Waals surface area contributed by atoms with Crippen LogP contribution in [0.25, 0.3) is 0 Å². The number of nitrogens with one attached hydrogen (secondary N) is 2. The molecule has 2 heterocycles. The normalized spacial score (nSPS) is 15.2. The topological polar surface area (TPSA) is 78.5 Å². The standard InChI is InChI=1S/C12H14IN3O3S/c13-9-2-1-8(20-9)3-5-14-11(18)7-16-6-4-10(17)15-12(16)19/h1-2H,3-7H2,(H,14,18)(H,15,17,19). The summed E-state index contributed by atoms with van der Waals surface area (Å²) >= 11 is 3.96. The number of carbonyl (C=O) groups excluding carboxylic acids is 3. The van der Waals surface area contributed by atoms with Gasteiger partial charge in [-0.3, -0.25) is 14.9 Å². The third kappa shape index (κ3) is 4.44. The average molecular weight is 407 g/mol. The van der Waals surface area contributed by atoms with E-state index in [0.717, 1.165) is 6.42 Å². The van der Waals surface area contributed by atoms with E-state index in [1.807, 2.05) is 12.1 Å². The third-order valence-electron chi connectivity index (χ3n) is 2.80. The van der Waals surface area contributed by atoms with Gasteiger partial charge in [0, 0.05) is 24.4 Å². The molecule has 1 saturated heterocycles. The van der Waals surface area contributed by atoms with Crippen molar-refractivity contribution in [2.75, 3.05) is 19.6 Å². The lowest BCUT2D eigenvalue weighted by molar-refractivity contribution is -0.125. The zero-order valence-electron chi connectivity index (χ0n) is 10.6. The lowest BCUT2D eigenvalue weighted by atomic mass is 10.3. The second-order valence-corrected chi connectivity index (χ2v) is 7.39. The zero-order chi connectivity index (χ0) is 14.5. The predicted octanol–water partition coefficient (Wildman–Crippen LogP) is 0.953. The maximum Gasteiger partial charge on any atom is 0.324 e. The Morgan fingerprint density at radius 2 is 2.25 bits per heavy atom. The van der Waals surface area contributed by atoms with Crippen LogP contribution in [0.3, 0.4) is 0 Å². The van der Waals surface area contributed by atoms with Gasteiger partial charge in [0.15, 0.2) is 0 Å². The number of imide groups is 1. The van der Waals surface area contributed by atoms with E-state index >= 15 is 0 Å². The third-order valence-corrected chi connectivity index (χ3v) is 4.75.